The van der Waals surface area contributed by atoms with Crippen LogP contribution in [0.4, 0.5) is 5.69 Å². The number of anilines is 1. The van der Waals surface area contributed by atoms with Gasteiger partial charge in [0, 0.05) is 0 Å². The summed E-state index contributed by atoms with van der Waals surface area (Å²) in [5.41, 5.74) is 2.25. The molecule has 91 valence electrons. The van der Waals surface area contributed by atoms with Gasteiger partial charge in [-0.2, -0.15) is 0 Å². The molecule has 0 spiro atoms. The van der Waals surface area contributed by atoms with Gasteiger partial charge in [0.1, 0.15) is 0 Å². The summed E-state index contributed by atoms with van der Waals surface area (Å²) in [6.07, 6.45) is 0. The third-order valence-electron chi connectivity index (χ3n) is 2.62. The molecule has 0 unspecified atom stereocenters. The number of benzene rings is 2. The summed E-state index contributed by atoms with van der Waals surface area (Å²) in [5.74, 6) is 0. The molecule has 2 aromatic carbocycles. The quantitative estimate of drug-likeness (QED) is 0.524. The molecule has 0 aliphatic carbocycles. The van der Waals surface area contributed by atoms with Crippen LogP contribution >= 0.6 is 0 Å². The summed E-state index contributed by atoms with van der Waals surface area (Å²) in [7, 11) is 0. The van der Waals surface area contributed by atoms with E-state index in [1.54, 1.807) is 0 Å². The molecule has 0 heterocycles. The fourth-order valence-corrected chi connectivity index (χ4v) is 2.24. The molecule has 0 amide bonds. The number of aliphatic imine (C=N–C) groups is 1. The molecule has 2 aromatic rings. The zero-order valence-corrected chi connectivity index (χ0v) is 11.9. The van der Waals surface area contributed by atoms with E-state index in [9.17, 15) is 0 Å². The number of amidine groups is 1. The normalized spacial score (nSPS) is 13.1. The standard InChI is InChI=1S/C15H15N2Se/c1-12(13-8-4-2-5-9-13)16-15(18)17-14-10-6-3-7-11-14/h2-12H,1H3,(H,16,17)/t12-/m0/s1. The maximum absolute atomic E-state index is 4.59. The Bertz CT molecular complexity index is 509. The van der Waals surface area contributed by atoms with Crippen molar-refractivity contribution < 1.29 is 0 Å². The number of hydrogen-bond donors (Lipinski definition) is 1. The Morgan fingerprint density at radius 3 is 2.17 bits per heavy atom. The van der Waals surface area contributed by atoms with Crippen molar-refractivity contribution in [3.63, 3.8) is 0 Å². The summed E-state index contributed by atoms with van der Waals surface area (Å²) in [6.45, 7) is 2.08. The van der Waals surface area contributed by atoms with Gasteiger partial charge in [0.2, 0.25) is 0 Å². The molecule has 1 atom stereocenters. The van der Waals surface area contributed by atoms with Crippen LogP contribution in [0.1, 0.15) is 18.5 Å². The number of hydrogen-bond acceptors (Lipinski definition) is 1. The summed E-state index contributed by atoms with van der Waals surface area (Å²) < 4.78 is 0.803. The van der Waals surface area contributed by atoms with Gasteiger partial charge in [-0.05, 0) is 0 Å². The van der Waals surface area contributed by atoms with Crippen LogP contribution < -0.4 is 5.32 Å². The Labute approximate surface area is 116 Å². The molecule has 1 N–H and O–H groups in total. The third kappa shape index (κ3) is 3.73. The van der Waals surface area contributed by atoms with E-state index in [0.717, 1.165) is 10.4 Å². The van der Waals surface area contributed by atoms with E-state index in [0.29, 0.717) is 0 Å². The summed E-state index contributed by atoms with van der Waals surface area (Å²) in [4.78, 5) is 4.59. The molecule has 0 saturated carbocycles. The van der Waals surface area contributed by atoms with Gasteiger partial charge in [0.15, 0.2) is 0 Å². The van der Waals surface area contributed by atoms with Gasteiger partial charge >= 0.3 is 116 Å². The SMILES string of the molecule is C[C@H](N=C([Se])Nc1ccccc1)c1ccccc1. The van der Waals surface area contributed by atoms with Crippen LogP contribution in [0.2, 0.25) is 0 Å². The molecule has 18 heavy (non-hydrogen) atoms. The molecule has 2 nitrogen and oxygen atoms in total. The number of para-hydroxylation sites is 1. The van der Waals surface area contributed by atoms with E-state index in [1.807, 2.05) is 48.5 Å². The van der Waals surface area contributed by atoms with Crippen LogP contribution in [0, 0.1) is 0 Å². The van der Waals surface area contributed by atoms with Gasteiger partial charge in [-0.15, -0.1) is 0 Å². The van der Waals surface area contributed by atoms with Gasteiger partial charge in [-0.25, -0.2) is 0 Å². The van der Waals surface area contributed by atoms with E-state index in [2.05, 4.69) is 45.4 Å². The number of rotatable bonds is 3. The van der Waals surface area contributed by atoms with Crippen LogP contribution in [0.15, 0.2) is 65.7 Å². The fraction of sp³-hybridized carbons (Fsp3) is 0.133. The molecular weight excluding hydrogens is 287 g/mol. The first-order chi connectivity index (χ1) is 8.75. The van der Waals surface area contributed by atoms with Gasteiger partial charge in [0.25, 0.3) is 0 Å². The molecular formula is C15H15N2Se. The monoisotopic (exact) mass is 303 g/mol. The van der Waals surface area contributed by atoms with Crippen molar-refractivity contribution >= 4 is 26.4 Å². The summed E-state index contributed by atoms with van der Waals surface area (Å²) in [5, 5.41) is 3.24. The van der Waals surface area contributed by atoms with Crippen LogP contribution in [0.25, 0.3) is 0 Å². The van der Waals surface area contributed by atoms with Gasteiger partial charge < -0.3 is 0 Å². The van der Waals surface area contributed by atoms with E-state index < -0.39 is 0 Å². The third-order valence-corrected chi connectivity index (χ3v) is 3.05. The van der Waals surface area contributed by atoms with Crippen LogP contribution in [-0.2, 0) is 0 Å². The molecule has 0 fully saturated rings. The van der Waals surface area contributed by atoms with Gasteiger partial charge in [-0.3, -0.25) is 0 Å². The Morgan fingerprint density at radius 2 is 1.56 bits per heavy atom. The number of nitrogens with zero attached hydrogens (tertiary/aromatic N) is 1. The molecule has 0 aliphatic heterocycles. The maximum atomic E-state index is 4.59. The Balaban J connectivity index is 2.05. The second kappa shape index (κ2) is 6.39. The minimum absolute atomic E-state index is 0.138. The fourth-order valence-electron chi connectivity index (χ4n) is 1.66. The van der Waals surface area contributed by atoms with Crippen molar-refractivity contribution in [3.05, 3.63) is 66.2 Å². The van der Waals surface area contributed by atoms with Crippen molar-refractivity contribution in [2.24, 2.45) is 4.99 Å². The second-order valence-corrected chi connectivity index (χ2v) is 4.82. The van der Waals surface area contributed by atoms with Crippen molar-refractivity contribution in [2.45, 2.75) is 13.0 Å². The number of nitrogens with one attached hydrogen (secondary N) is 1. The Morgan fingerprint density at radius 1 is 1.00 bits per heavy atom. The topological polar surface area (TPSA) is 24.4 Å². The first-order valence-corrected chi connectivity index (χ1v) is 6.73. The zero-order valence-electron chi connectivity index (χ0n) is 10.2. The summed E-state index contributed by atoms with van der Waals surface area (Å²) in [6, 6.07) is 20.4. The molecule has 0 saturated heterocycles. The van der Waals surface area contributed by atoms with Crippen molar-refractivity contribution in [1.82, 2.24) is 0 Å². The molecule has 0 aliphatic rings. The van der Waals surface area contributed by atoms with Crippen molar-refractivity contribution in [1.29, 1.82) is 0 Å². The minimum atomic E-state index is 0.138. The zero-order chi connectivity index (χ0) is 12.8. The van der Waals surface area contributed by atoms with E-state index in [4.69, 9.17) is 0 Å². The van der Waals surface area contributed by atoms with E-state index in [1.165, 1.54) is 5.56 Å². The molecule has 1 radical (unpaired) electrons. The molecule has 2 rings (SSSR count). The predicted molar refractivity (Wildman–Crippen MR) is 78.1 cm³/mol. The second-order valence-electron chi connectivity index (χ2n) is 4.01. The van der Waals surface area contributed by atoms with Gasteiger partial charge in [-0.1, -0.05) is 0 Å². The van der Waals surface area contributed by atoms with Crippen molar-refractivity contribution in [3.8, 4) is 0 Å². The Kier molecular flexibility index (Phi) is 4.57. The molecule has 0 aromatic heterocycles. The van der Waals surface area contributed by atoms with Crippen LogP contribution in [0.5, 0.6) is 0 Å². The van der Waals surface area contributed by atoms with Crippen LogP contribution in [-0.4, -0.2) is 20.7 Å². The Hall–Kier alpha value is -1.57. The van der Waals surface area contributed by atoms with Crippen LogP contribution in [0.3, 0.4) is 0 Å². The summed E-state index contributed by atoms with van der Waals surface area (Å²) >= 11 is 2.97. The first-order valence-electron chi connectivity index (χ1n) is 5.87. The van der Waals surface area contributed by atoms with E-state index >= 15 is 0 Å². The first kappa shape index (κ1) is 12.9. The van der Waals surface area contributed by atoms with E-state index in [-0.39, 0.29) is 6.04 Å². The van der Waals surface area contributed by atoms with Crippen molar-refractivity contribution in [2.75, 3.05) is 5.32 Å². The van der Waals surface area contributed by atoms with Gasteiger partial charge in [0.05, 0.1) is 0 Å². The molecule has 0 bridgehead atoms. The average Bonchev–Trinajstić information content (AvgIpc) is 2.40. The average molecular weight is 302 g/mol. The molecule has 3 heteroatoms. The predicted octanol–water partition coefficient (Wildman–Crippen LogP) is 3.38.